The van der Waals surface area contributed by atoms with Gasteiger partial charge in [0.15, 0.2) is 0 Å². The smallest absolute Gasteiger partial charge is 0.423 e. The van der Waals surface area contributed by atoms with Crippen molar-refractivity contribution in [1.82, 2.24) is 9.55 Å². The minimum atomic E-state index is -1.60. The summed E-state index contributed by atoms with van der Waals surface area (Å²) in [7, 11) is 0.156. The molecule has 15 heavy (non-hydrogen) atoms. The van der Waals surface area contributed by atoms with Crippen LogP contribution in [0.2, 0.25) is 0 Å². The number of benzene rings is 1. The molecule has 2 aromatic rings. The van der Waals surface area contributed by atoms with Crippen LogP contribution in [0.4, 0.5) is 0 Å². The molecule has 5 nitrogen and oxygen atoms in total. The van der Waals surface area contributed by atoms with E-state index in [0.717, 1.165) is 0 Å². The van der Waals surface area contributed by atoms with E-state index < -0.39 is 7.12 Å². The van der Waals surface area contributed by atoms with Gasteiger partial charge in [0.05, 0.1) is 29.0 Å². The highest BCUT2D eigenvalue weighted by Gasteiger charge is 2.18. The van der Waals surface area contributed by atoms with E-state index in [4.69, 9.17) is 5.26 Å². The summed E-state index contributed by atoms with van der Waals surface area (Å²) >= 11 is 0. The first-order valence-corrected chi connectivity index (χ1v) is 4.34. The maximum atomic E-state index is 9.19. The normalized spacial score (nSPS) is 10.3. The van der Waals surface area contributed by atoms with E-state index in [9.17, 15) is 10.0 Å². The van der Waals surface area contributed by atoms with Crippen molar-refractivity contribution in [2.24, 2.45) is 7.05 Å². The van der Waals surface area contributed by atoms with Crippen LogP contribution < -0.4 is 5.46 Å². The third-order valence-electron chi connectivity index (χ3n) is 2.25. The number of fused-ring (bicyclic) bond motifs is 1. The van der Waals surface area contributed by atoms with Crippen molar-refractivity contribution >= 4 is 23.6 Å². The van der Waals surface area contributed by atoms with Crippen LogP contribution in [0, 0.1) is 11.3 Å². The van der Waals surface area contributed by atoms with Crippen molar-refractivity contribution in [3.05, 3.63) is 24.0 Å². The molecule has 0 radical (unpaired) electrons. The molecule has 6 heteroatoms. The molecule has 0 saturated carbocycles. The van der Waals surface area contributed by atoms with Gasteiger partial charge in [-0.2, -0.15) is 5.26 Å². The Bertz CT molecular complexity index is 556. The lowest BCUT2D eigenvalue weighted by Gasteiger charge is -2.04. The summed E-state index contributed by atoms with van der Waals surface area (Å²) < 4.78 is 1.69. The van der Waals surface area contributed by atoms with E-state index in [1.165, 1.54) is 6.07 Å². The van der Waals surface area contributed by atoms with Gasteiger partial charge >= 0.3 is 7.12 Å². The van der Waals surface area contributed by atoms with Crippen molar-refractivity contribution in [3.8, 4) is 6.07 Å². The topological polar surface area (TPSA) is 82.1 Å². The van der Waals surface area contributed by atoms with Crippen molar-refractivity contribution in [3.63, 3.8) is 0 Å². The van der Waals surface area contributed by atoms with Gasteiger partial charge in [0, 0.05) is 12.5 Å². The van der Waals surface area contributed by atoms with Gasteiger partial charge in [-0.25, -0.2) is 4.98 Å². The molecule has 74 valence electrons. The summed E-state index contributed by atoms with van der Waals surface area (Å²) in [6.45, 7) is 0. The molecule has 0 bridgehead atoms. The summed E-state index contributed by atoms with van der Waals surface area (Å²) in [6, 6.07) is 5.02. The first-order chi connectivity index (χ1) is 7.13. The van der Waals surface area contributed by atoms with Crippen LogP contribution in [0.25, 0.3) is 11.0 Å². The predicted molar refractivity (Wildman–Crippen MR) is 55.3 cm³/mol. The molecule has 2 rings (SSSR count). The molecule has 1 heterocycles. The van der Waals surface area contributed by atoms with E-state index in [2.05, 4.69) is 4.98 Å². The summed E-state index contributed by atoms with van der Waals surface area (Å²) in [5.74, 6) is 0. The third kappa shape index (κ3) is 1.48. The predicted octanol–water partition coefficient (Wildman–Crippen LogP) is -0.875. The van der Waals surface area contributed by atoms with Gasteiger partial charge in [-0.15, -0.1) is 0 Å². The van der Waals surface area contributed by atoms with E-state index >= 15 is 0 Å². The standard InChI is InChI=1S/C9H8BN3O2/c1-13-5-12-8-3-6(4-11)2-7(9(8)13)10(14)15/h2-3,5,14-15H,1H3. The molecule has 0 fully saturated rings. The van der Waals surface area contributed by atoms with Gasteiger partial charge in [0.1, 0.15) is 0 Å². The van der Waals surface area contributed by atoms with Crippen LogP contribution in [-0.2, 0) is 7.05 Å². The molecule has 0 aliphatic carbocycles. The second kappa shape index (κ2) is 3.39. The van der Waals surface area contributed by atoms with Crippen molar-refractivity contribution in [2.75, 3.05) is 0 Å². The number of nitriles is 1. The number of aromatic nitrogens is 2. The zero-order chi connectivity index (χ0) is 11.0. The number of nitrogens with zero attached hydrogens (tertiary/aromatic N) is 3. The molecule has 1 aromatic carbocycles. The van der Waals surface area contributed by atoms with Crippen LogP contribution >= 0.6 is 0 Å². The largest absolute Gasteiger partial charge is 0.490 e. The maximum absolute atomic E-state index is 9.19. The molecule has 0 unspecified atom stereocenters. The summed E-state index contributed by atoms with van der Waals surface area (Å²) in [6.07, 6.45) is 1.57. The Morgan fingerprint density at radius 3 is 2.80 bits per heavy atom. The summed E-state index contributed by atoms with van der Waals surface area (Å²) in [4.78, 5) is 4.06. The van der Waals surface area contributed by atoms with Gasteiger partial charge in [0.25, 0.3) is 0 Å². The zero-order valence-electron chi connectivity index (χ0n) is 8.05. The molecular formula is C9H8BN3O2. The van der Waals surface area contributed by atoms with E-state index in [-0.39, 0.29) is 0 Å². The zero-order valence-corrected chi connectivity index (χ0v) is 8.05. The number of hydrogen-bond acceptors (Lipinski definition) is 4. The average Bonchev–Trinajstić information content (AvgIpc) is 2.59. The Balaban J connectivity index is 2.85. The summed E-state index contributed by atoms with van der Waals surface area (Å²) in [5, 5.41) is 27.1. The van der Waals surface area contributed by atoms with Crippen LogP contribution in [0.3, 0.4) is 0 Å². The number of rotatable bonds is 1. The van der Waals surface area contributed by atoms with Crippen molar-refractivity contribution in [2.45, 2.75) is 0 Å². The van der Waals surface area contributed by atoms with Crippen LogP contribution in [0.5, 0.6) is 0 Å². The highest BCUT2D eigenvalue weighted by atomic mass is 16.4. The minimum Gasteiger partial charge on any atom is -0.423 e. The van der Waals surface area contributed by atoms with Gasteiger partial charge in [0.2, 0.25) is 0 Å². The lowest BCUT2D eigenvalue weighted by molar-refractivity contribution is 0.426. The van der Waals surface area contributed by atoms with E-state index in [0.29, 0.717) is 22.1 Å². The fraction of sp³-hybridized carbons (Fsp3) is 0.111. The highest BCUT2D eigenvalue weighted by molar-refractivity contribution is 6.61. The number of hydrogen-bond donors (Lipinski definition) is 2. The molecule has 0 saturated heterocycles. The average molecular weight is 201 g/mol. The lowest BCUT2D eigenvalue weighted by atomic mass is 9.78. The quantitative estimate of drug-likeness (QED) is 0.587. The fourth-order valence-corrected chi connectivity index (χ4v) is 1.59. The van der Waals surface area contributed by atoms with Gasteiger partial charge in [-0.3, -0.25) is 0 Å². The van der Waals surface area contributed by atoms with Gasteiger partial charge in [-0.05, 0) is 12.1 Å². The summed E-state index contributed by atoms with van der Waals surface area (Å²) in [5.41, 5.74) is 1.87. The molecule has 0 aliphatic rings. The SMILES string of the molecule is Cn1cnc2cc(C#N)cc(B(O)O)c21. The van der Waals surface area contributed by atoms with Crippen LogP contribution in [0.1, 0.15) is 5.56 Å². The van der Waals surface area contributed by atoms with Gasteiger partial charge < -0.3 is 14.6 Å². The van der Waals surface area contributed by atoms with Crippen molar-refractivity contribution in [1.29, 1.82) is 5.26 Å². The number of aryl methyl sites for hydroxylation is 1. The molecule has 2 N–H and O–H groups in total. The molecule has 1 aromatic heterocycles. The maximum Gasteiger partial charge on any atom is 0.490 e. The minimum absolute atomic E-state index is 0.295. The van der Waals surface area contributed by atoms with Crippen molar-refractivity contribution < 1.29 is 10.0 Å². The Kier molecular flexibility index (Phi) is 2.19. The molecule has 0 amide bonds. The first kappa shape index (κ1) is 9.71. The Morgan fingerprint density at radius 2 is 2.20 bits per heavy atom. The molecule has 0 atom stereocenters. The molecular weight excluding hydrogens is 193 g/mol. The van der Waals surface area contributed by atoms with Crippen LogP contribution in [0.15, 0.2) is 18.5 Å². The Hall–Kier alpha value is -1.84. The second-order valence-corrected chi connectivity index (χ2v) is 3.27. The molecule has 0 aliphatic heterocycles. The monoisotopic (exact) mass is 201 g/mol. The highest BCUT2D eigenvalue weighted by Crippen LogP contribution is 2.11. The van der Waals surface area contributed by atoms with E-state index in [1.54, 1.807) is 24.0 Å². The Labute approximate surface area is 86.4 Å². The lowest BCUT2D eigenvalue weighted by Crippen LogP contribution is -2.31. The van der Waals surface area contributed by atoms with Gasteiger partial charge in [-0.1, -0.05) is 0 Å². The van der Waals surface area contributed by atoms with Crippen LogP contribution in [-0.4, -0.2) is 26.7 Å². The second-order valence-electron chi connectivity index (χ2n) is 3.27. The van der Waals surface area contributed by atoms with E-state index in [1.807, 2.05) is 6.07 Å². The third-order valence-corrected chi connectivity index (χ3v) is 2.25. The number of imidazole rings is 1. The fourth-order valence-electron chi connectivity index (χ4n) is 1.59. The Morgan fingerprint density at radius 1 is 1.47 bits per heavy atom. The molecule has 0 spiro atoms. The first-order valence-electron chi connectivity index (χ1n) is 4.34.